The molecule has 2 aromatic heterocycles. The van der Waals surface area contributed by atoms with Gasteiger partial charge < -0.3 is 25.5 Å². The SMILES string of the molecule is Cc1ccc(N/C(=C\C(=N)C(C)(C)C)NC(=O)Nc2ccc(Sc3ccc(=N)n(C(=N)c4cccc(OCCN5CCOCC5)c4)c3)nc2)cc1.[HH].[HH]. The second kappa shape index (κ2) is 17.1. The summed E-state index contributed by atoms with van der Waals surface area (Å²) in [7, 11) is 0. The van der Waals surface area contributed by atoms with Crippen LogP contribution in [0.2, 0.25) is 0 Å². The number of pyridine rings is 2. The van der Waals surface area contributed by atoms with Gasteiger partial charge in [-0.1, -0.05) is 62.4 Å². The molecule has 2 aromatic carbocycles. The number of amides is 2. The molecule has 4 aromatic rings. The van der Waals surface area contributed by atoms with Crippen LogP contribution in [-0.4, -0.2) is 71.5 Å². The lowest BCUT2D eigenvalue weighted by molar-refractivity contribution is 0.0322. The average molecular weight is 712 g/mol. The van der Waals surface area contributed by atoms with Gasteiger partial charge in [0, 0.05) is 62.0 Å². The number of hydrogen-bond acceptors (Lipinski definition) is 10. The van der Waals surface area contributed by atoms with E-state index < -0.39 is 11.4 Å². The minimum absolute atomic E-state index is 0. The zero-order valence-electron chi connectivity index (χ0n) is 29.4. The third-order valence-electron chi connectivity index (χ3n) is 7.94. The normalized spacial score (nSPS) is 13.7. The van der Waals surface area contributed by atoms with Crippen molar-refractivity contribution in [3.63, 3.8) is 0 Å². The van der Waals surface area contributed by atoms with Crippen LogP contribution in [-0.2, 0) is 4.74 Å². The monoisotopic (exact) mass is 711 g/mol. The molecule has 270 valence electrons. The molecule has 0 unspecified atom stereocenters. The molecule has 0 bridgehead atoms. The molecule has 3 heterocycles. The Morgan fingerprint density at radius 2 is 1.76 bits per heavy atom. The van der Waals surface area contributed by atoms with E-state index in [-0.39, 0.29) is 14.2 Å². The lowest BCUT2D eigenvalue weighted by atomic mass is 9.90. The van der Waals surface area contributed by atoms with E-state index in [0.717, 1.165) is 49.0 Å². The van der Waals surface area contributed by atoms with Crippen molar-refractivity contribution in [2.45, 2.75) is 37.6 Å². The molecule has 51 heavy (non-hydrogen) atoms. The van der Waals surface area contributed by atoms with Crippen molar-refractivity contribution in [1.29, 1.82) is 16.2 Å². The summed E-state index contributed by atoms with van der Waals surface area (Å²) in [6, 6.07) is 21.7. The topological polar surface area (TPSA) is 164 Å². The number of hydrogen-bond donors (Lipinski definition) is 6. The second-order valence-corrected chi connectivity index (χ2v) is 14.2. The highest BCUT2D eigenvalue weighted by Crippen LogP contribution is 2.26. The highest BCUT2D eigenvalue weighted by atomic mass is 32.2. The van der Waals surface area contributed by atoms with Crippen LogP contribution in [0.1, 0.15) is 34.8 Å². The van der Waals surface area contributed by atoms with E-state index in [1.54, 1.807) is 36.7 Å². The lowest BCUT2D eigenvalue weighted by Gasteiger charge is -2.26. The first kappa shape index (κ1) is 37.0. The molecular weight excluding hydrogens is 663 g/mol. The fourth-order valence-corrected chi connectivity index (χ4v) is 5.67. The summed E-state index contributed by atoms with van der Waals surface area (Å²) in [5.41, 5.74) is 3.14. The van der Waals surface area contributed by atoms with Gasteiger partial charge in [-0.3, -0.25) is 25.6 Å². The van der Waals surface area contributed by atoms with Crippen molar-refractivity contribution in [3.05, 3.63) is 114 Å². The number of aromatic nitrogens is 2. The van der Waals surface area contributed by atoms with Crippen LogP contribution in [0.4, 0.5) is 16.2 Å². The molecule has 0 radical (unpaired) electrons. The molecule has 0 spiro atoms. The first-order chi connectivity index (χ1) is 24.4. The number of allylic oxidation sites excluding steroid dienone is 1. The second-order valence-electron chi connectivity index (χ2n) is 13.1. The summed E-state index contributed by atoms with van der Waals surface area (Å²) in [6.45, 7) is 12.5. The maximum atomic E-state index is 13.0. The average Bonchev–Trinajstić information content (AvgIpc) is 3.11. The minimum Gasteiger partial charge on any atom is -0.492 e. The fraction of sp³-hybridized carbons (Fsp3) is 0.289. The van der Waals surface area contributed by atoms with E-state index in [9.17, 15) is 4.79 Å². The van der Waals surface area contributed by atoms with Crippen molar-refractivity contribution in [1.82, 2.24) is 19.8 Å². The van der Waals surface area contributed by atoms with Crippen LogP contribution >= 0.6 is 11.8 Å². The molecule has 1 fully saturated rings. The number of carbonyl (C=O) groups is 1. The molecule has 12 nitrogen and oxygen atoms in total. The van der Waals surface area contributed by atoms with Crippen LogP contribution in [0.25, 0.3) is 0 Å². The van der Waals surface area contributed by atoms with Gasteiger partial charge in [0.15, 0.2) is 0 Å². The molecule has 1 aliphatic rings. The zero-order valence-corrected chi connectivity index (χ0v) is 30.2. The predicted octanol–water partition coefficient (Wildman–Crippen LogP) is 7.04. The molecule has 1 aliphatic heterocycles. The Kier molecular flexibility index (Phi) is 12.4. The van der Waals surface area contributed by atoms with Gasteiger partial charge in [0.2, 0.25) is 0 Å². The van der Waals surface area contributed by atoms with Crippen LogP contribution in [0.15, 0.2) is 107 Å². The third kappa shape index (κ3) is 11.1. The standard InChI is InChI=1S/C38H45N9O3S.2H2/c1-26-8-10-28(11-9-26)43-34(23-32(39)38(2,3)4)45-37(48)44-29-12-15-35(42-24-29)51-31-13-14-33(40)47(25-31)36(41)27-6-5-7-30(22-27)50-21-18-46-16-19-49-20-17-46;;/h5-15,22-25,39-41,43H,16-21H2,1-4H3,(H2,44,45,48);2*1H/b34-23+,39-32?,40-33?,41-36?;;. The number of ether oxygens (including phenoxy) is 2. The van der Waals surface area contributed by atoms with Gasteiger partial charge in [-0.2, -0.15) is 0 Å². The fourth-order valence-electron chi connectivity index (χ4n) is 4.89. The lowest BCUT2D eigenvalue weighted by Crippen LogP contribution is -2.38. The number of nitrogens with one attached hydrogen (secondary N) is 6. The smallest absolute Gasteiger partial charge is 0.324 e. The Labute approximate surface area is 305 Å². The van der Waals surface area contributed by atoms with Crippen LogP contribution in [0, 0.1) is 28.6 Å². The first-order valence-corrected chi connectivity index (χ1v) is 17.5. The number of nitrogens with zero attached hydrogens (tertiary/aromatic N) is 3. The highest BCUT2D eigenvalue weighted by Gasteiger charge is 2.17. The van der Waals surface area contributed by atoms with Gasteiger partial charge in [0.25, 0.3) is 0 Å². The molecule has 0 aliphatic carbocycles. The Morgan fingerprint density at radius 3 is 2.47 bits per heavy atom. The predicted molar refractivity (Wildman–Crippen MR) is 207 cm³/mol. The number of urea groups is 1. The Balaban J connectivity index is 0.00000378. The van der Waals surface area contributed by atoms with Gasteiger partial charge in [-0.25, -0.2) is 9.78 Å². The van der Waals surface area contributed by atoms with Crippen molar-refractivity contribution >= 4 is 40.7 Å². The maximum absolute atomic E-state index is 13.0. The number of benzene rings is 2. The van der Waals surface area contributed by atoms with Crippen molar-refractivity contribution in [2.75, 3.05) is 50.1 Å². The quantitative estimate of drug-likeness (QED) is 0.0678. The van der Waals surface area contributed by atoms with Gasteiger partial charge in [-0.05, 0) is 55.5 Å². The van der Waals surface area contributed by atoms with E-state index in [1.807, 2.05) is 82.3 Å². The van der Waals surface area contributed by atoms with E-state index in [1.165, 1.54) is 16.3 Å². The number of morpholine rings is 1. The van der Waals surface area contributed by atoms with Crippen molar-refractivity contribution in [2.24, 2.45) is 5.41 Å². The molecule has 5 rings (SSSR count). The summed E-state index contributed by atoms with van der Waals surface area (Å²) in [4.78, 5) is 20.6. The Morgan fingerprint density at radius 1 is 1.02 bits per heavy atom. The number of aryl methyl sites for hydroxylation is 1. The van der Waals surface area contributed by atoms with Crippen LogP contribution in [0.3, 0.4) is 0 Å². The Bertz CT molecular complexity index is 1940. The number of rotatable bonds is 12. The zero-order chi connectivity index (χ0) is 36.4. The summed E-state index contributed by atoms with van der Waals surface area (Å²) in [5.74, 6) is 1.20. The van der Waals surface area contributed by atoms with E-state index in [4.69, 9.17) is 25.7 Å². The maximum Gasteiger partial charge on any atom is 0.324 e. The molecule has 6 N–H and O–H groups in total. The van der Waals surface area contributed by atoms with Crippen LogP contribution < -0.4 is 26.2 Å². The molecular formula is C38H49N9O3S. The van der Waals surface area contributed by atoms with Crippen molar-refractivity contribution < 1.29 is 17.1 Å². The van der Waals surface area contributed by atoms with Crippen LogP contribution in [0.5, 0.6) is 5.75 Å². The number of anilines is 2. The minimum atomic E-state index is -0.484. The summed E-state index contributed by atoms with van der Waals surface area (Å²) < 4.78 is 12.9. The summed E-state index contributed by atoms with van der Waals surface area (Å²) in [5, 5.41) is 35.3. The highest BCUT2D eigenvalue weighted by molar-refractivity contribution is 7.99. The van der Waals surface area contributed by atoms with Gasteiger partial charge in [0.1, 0.15) is 34.5 Å². The van der Waals surface area contributed by atoms with E-state index in [2.05, 4.69) is 25.8 Å². The summed E-state index contributed by atoms with van der Waals surface area (Å²) in [6.07, 6.45) is 4.92. The van der Waals surface area contributed by atoms with Gasteiger partial charge >= 0.3 is 6.03 Å². The number of carbonyl (C=O) groups excluding carboxylic acids is 1. The molecule has 0 saturated carbocycles. The van der Waals surface area contributed by atoms with E-state index in [0.29, 0.717) is 40.2 Å². The third-order valence-corrected chi connectivity index (χ3v) is 8.87. The van der Waals surface area contributed by atoms with E-state index >= 15 is 0 Å². The van der Waals surface area contributed by atoms with Gasteiger partial charge in [-0.15, -0.1) is 0 Å². The van der Waals surface area contributed by atoms with Crippen molar-refractivity contribution in [3.8, 4) is 5.75 Å². The molecule has 13 heteroatoms. The molecule has 0 atom stereocenters. The molecule has 1 saturated heterocycles. The van der Waals surface area contributed by atoms with Gasteiger partial charge in [0.05, 0.1) is 25.1 Å². The Hall–Kier alpha value is -5.24. The summed E-state index contributed by atoms with van der Waals surface area (Å²) >= 11 is 1.38. The largest absolute Gasteiger partial charge is 0.492 e. The first-order valence-electron chi connectivity index (χ1n) is 16.7. The molecule has 2 amide bonds.